The Kier molecular flexibility index (Phi) is 17.0. The summed E-state index contributed by atoms with van der Waals surface area (Å²) in [6, 6.07) is 8.17. The number of para-hydroxylation sites is 1. The van der Waals surface area contributed by atoms with E-state index in [1.807, 2.05) is 45.9 Å². The molecule has 1 aromatic carbocycles. The highest BCUT2D eigenvalue weighted by molar-refractivity contribution is 9.12. The molecular formula is C15H26Br2O. The fourth-order valence-corrected chi connectivity index (χ4v) is 1.48. The van der Waals surface area contributed by atoms with Crippen LogP contribution in [0.15, 0.2) is 24.3 Å². The van der Waals surface area contributed by atoms with E-state index in [1.54, 1.807) is 0 Å². The van der Waals surface area contributed by atoms with Gasteiger partial charge in [-0.05, 0) is 18.1 Å². The summed E-state index contributed by atoms with van der Waals surface area (Å²) in [4.78, 5) is 0.368. The molecule has 1 atom stereocenters. The van der Waals surface area contributed by atoms with Gasteiger partial charge in [-0.1, -0.05) is 84.7 Å². The zero-order valence-electron chi connectivity index (χ0n) is 12.2. The van der Waals surface area contributed by atoms with Crippen LogP contribution in [0.5, 0.6) is 5.75 Å². The first-order valence-corrected chi connectivity index (χ1v) is 8.72. The maximum absolute atomic E-state index is 5.70. The fourth-order valence-electron chi connectivity index (χ4n) is 1.16. The number of hydrogen-bond donors (Lipinski definition) is 0. The summed E-state index contributed by atoms with van der Waals surface area (Å²) in [6.45, 7) is 10.8. The molecular weight excluding hydrogens is 356 g/mol. The number of rotatable bonds is 5. The predicted molar refractivity (Wildman–Crippen MR) is 90.5 cm³/mol. The van der Waals surface area contributed by atoms with Crippen molar-refractivity contribution in [3.63, 3.8) is 0 Å². The van der Waals surface area contributed by atoms with Crippen LogP contribution in [-0.4, -0.2) is 16.8 Å². The van der Waals surface area contributed by atoms with Crippen molar-refractivity contribution in [2.75, 3.05) is 11.9 Å². The molecule has 1 unspecified atom stereocenters. The zero-order valence-corrected chi connectivity index (χ0v) is 15.3. The second kappa shape index (κ2) is 15.0. The Hall–Kier alpha value is -0.0200. The lowest BCUT2D eigenvalue weighted by atomic mass is 10.1. The van der Waals surface area contributed by atoms with Gasteiger partial charge in [0.1, 0.15) is 12.4 Å². The maximum Gasteiger partial charge on any atom is 0.122 e. The van der Waals surface area contributed by atoms with Crippen molar-refractivity contribution in [2.24, 2.45) is 0 Å². The molecule has 0 N–H and O–H groups in total. The van der Waals surface area contributed by atoms with Crippen LogP contribution < -0.4 is 4.74 Å². The molecule has 0 heterocycles. The van der Waals surface area contributed by atoms with Crippen LogP contribution >= 0.6 is 31.9 Å². The van der Waals surface area contributed by atoms with Crippen LogP contribution in [0.25, 0.3) is 0 Å². The molecule has 1 rings (SSSR count). The van der Waals surface area contributed by atoms with Crippen molar-refractivity contribution in [1.82, 2.24) is 0 Å². The first-order chi connectivity index (χ1) is 8.77. The lowest BCUT2D eigenvalue weighted by Crippen LogP contribution is -2.12. The van der Waals surface area contributed by atoms with Gasteiger partial charge in [-0.3, -0.25) is 0 Å². The van der Waals surface area contributed by atoms with E-state index in [0.717, 1.165) is 17.5 Å². The van der Waals surface area contributed by atoms with Crippen molar-refractivity contribution >= 4 is 31.9 Å². The normalized spacial score (nSPS) is 10.4. The SMILES string of the molecule is CC.CC.CCc1ccccc1OCC(Br)CBr. The van der Waals surface area contributed by atoms with E-state index in [-0.39, 0.29) is 0 Å². The third-order valence-corrected chi connectivity index (χ3v) is 4.18. The lowest BCUT2D eigenvalue weighted by molar-refractivity contribution is 0.322. The van der Waals surface area contributed by atoms with Gasteiger partial charge in [0, 0.05) is 5.33 Å². The molecule has 3 heteroatoms. The maximum atomic E-state index is 5.70. The Labute approximate surface area is 130 Å². The van der Waals surface area contributed by atoms with Gasteiger partial charge < -0.3 is 4.74 Å². The average molecular weight is 382 g/mol. The summed E-state index contributed by atoms with van der Waals surface area (Å²) >= 11 is 6.91. The van der Waals surface area contributed by atoms with E-state index in [9.17, 15) is 0 Å². The fraction of sp³-hybridized carbons (Fsp3) is 0.600. The van der Waals surface area contributed by atoms with E-state index in [2.05, 4.69) is 44.8 Å². The molecule has 0 spiro atoms. The van der Waals surface area contributed by atoms with Gasteiger partial charge in [0.05, 0.1) is 4.83 Å². The van der Waals surface area contributed by atoms with Gasteiger partial charge in [-0.15, -0.1) is 0 Å². The van der Waals surface area contributed by atoms with Crippen molar-refractivity contribution < 1.29 is 4.74 Å². The van der Waals surface area contributed by atoms with E-state index in [1.165, 1.54) is 5.56 Å². The largest absolute Gasteiger partial charge is 0.492 e. The van der Waals surface area contributed by atoms with Crippen LogP contribution in [0.3, 0.4) is 0 Å². The molecule has 0 aliphatic carbocycles. The third kappa shape index (κ3) is 8.98. The van der Waals surface area contributed by atoms with Gasteiger partial charge in [-0.25, -0.2) is 0 Å². The Morgan fingerprint density at radius 1 is 1.11 bits per heavy atom. The summed E-state index contributed by atoms with van der Waals surface area (Å²) in [7, 11) is 0. The van der Waals surface area contributed by atoms with Gasteiger partial charge in [-0.2, -0.15) is 0 Å². The number of benzene rings is 1. The van der Waals surface area contributed by atoms with Crippen LogP contribution in [0.1, 0.15) is 40.2 Å². The van der Waals surface area contributed by atoms with Crippen molar-refractivity contribution in [2.45, 2.75) is 45.9 Å². The molecule has 18 heavy (non-hydrogen) atoms. The molecule has 0 saturated carbocycles. The van der Waals surface area contributed by atoms with Gasteiger partial charge >= 0.3 is 0 Å². The molecule has 106 valence electrons. The summed E-state index contributed by atoms with van der Waals surface area (Å²) in [6.07, 6.45) is 1.01. The minimum Gasteiger partial charge on any atom is -0.492 e. The summed E-state index contributed by atoms with van der Waals surface area (Å²) < 4.78 is 5.70. The molecule has 0 saturated heterocycles. The summed E-state index contributed by atoms with van der Waals surface area (Å²) in [5, 5.41) is 0.904. The summed E-state index contributed by atoms with van der Waals surface area (Å²) in [5.41, 5.74) is 1.27. The molecule has 0 fully saturated rings. The molecule has 0 radical (unpaired) electrons. The minimum absolute atomic E-state index is 0.368. The first-order valence-electron chi connectivity index (χ1n) is 6.68. The number of hydrogen-bond acceptors (Lipinski definition) is 1. The van der Waals surface area contributed by atoms with Crippen molar-refractivity contribution in [3.8, 4) is 5.75 Å². The second-order valence-corrected chi connectivity index (χ2v) is 4.97. The van der Waals surface area contributed by atoms with E-state index < -0.39 is 0 Å². The van der Waals surface area contributed by atoms with E-state index >= 15 is 0 Å². The van der Waals surface area contributed by atoms with Gasteiger partial charge in [0.25, 0.3) is 0 Å². The molecule has 0 aliphatic heterocycles. The Morgan fingerprint density at radius 2 is 1.67 bits per heavy atom. The Balaban J connectivity index is 0. The monoisotopic (exact) mass is 380 g/mol. The Bertz CT molecular complexity index is 277. The molecule has 0 aliphatic rings. The third-order valence-electron chi connectivity index (χ3n) is 1.94. The van der Waals surface area contributed by atoms with Crippen LogP contribution in [0.4, 0.5) is 0 Å². The van der Waals surface area contributed by atoms with Crippen LogP contribution in [0, 0.1) is 0 Å². The molecule has 1 aromatic rings. The number of halogens is 2. The van der Waals surface area contributed by atoms with Crippen molar-refractivity contribution in [3.05, 3.63) is 29.8 Å². The molecule has 0 amide bonds. The predicted octanol–water partition coefficient (Wildman–Crippen LogP) is 5.84. The Morgan fingerprint density at radius 3 is 2.17 bits per heavy atom. The van der Waals surface area contributed by atoms with Crippen LogP contribution in [-0.2, 0) is 6.42 Å². The van der Waals surface area contributed by atoms with Crippen LogP contribution in [0.2, 0.25) is 0 Å². The van der Waals surface area contributed by atoms with Gasteiger partial charge in [0.2, 0.25) is 0 Å². The first kappa shape index (κ1) is 20.3. The highest BCUT2D eigenvalue weighted by Crippen LogP contribution is 2.19. The highest BCUT2D eigenvalue weighted by atomic mass is 79.9. The smallest absolute Gasteiger partial charge is 0.122 e. The topological polar surface area (TPSA) is 9.23 Å². The lowest BCUT2D eigenvalue weighted by Gasteiger charge is -2.12. The van der Waals surface area contributed by atoms with Gasteiger partial charge in [0.15, 0.2) is 0 Å². The highest BCUT2D eigenvalue weighted by Gasteiger charge is 2.05. The summed E-state index contributed by atoms with van der Waals surface area (Å²) in [5.74, 6) is 1.00. The standard InChI is InChI=1S/C11H14Br2O.2C2H6/c1-2-9-5-3-4-6-11(9)14-8-10(13)7-12;2*1-2/h3-6,10H,2,7-8H2,1H3;2*1-2H3. The molecule has 0 bridgehead atoms. The molecule has 1 nitrogen and oxygen atoms in total. The van der Waals surface area contributed by atoms with E-state index in [4.69, 9.17) is 4.74 Å². The minimum atomic E-state index is 0.368. The second-order valence-electron chi connectivity index (χ2n) is 3.02. The van der Waals surface area contributed by atoms with E-state index in [0.29, 0.717) is 11.4 Å². The molecule has 0 aromatic heterocycles. The zero-order chi connectivity index (χ0) is 14.4. The number of ether oxygens (including phenoxy) is 1. The number of alkyl halides is 2. The quantitative estimate of drug-likeness (QED) is 0.582. The average Bonchev–Trinajstić information content (AvgIpc) is 2.49. The van der Waals surface area contributed by atoms with Crippen molar-refractivity contribution in [1.29, 1.82) is 0 Å². The number of aryl methyl sites for hydroxylation is 1.